The monoisotopic (exact) mass is 469 g/mol. The minimum atomic E-state index is -0.187. The Morgan fingerprint density at radius 2 is 1.67 bits per heavy atom. The minimum Gasteiger partial charge on any atom is -0.489 e. The highest BCUT2D eigenvalue weighted by atomic mass is 32.2. The van der Waals surface area contributed by atoms with Crippen molar-refractivity contribution in [1.29, 1.82) is 0 Å². The molecule has 0 spiro atoms. The van der Waals surface area contributed by atoms with Gasteiger partial charge in [0, 0.05) is 17.3 Å². The summed E-state index contributed by atoms with van der Waals surface area (Å²) in [6.45, 7) is 0.506. The van der Waals surface area contributed by atoms with Gasteiger partial charge in [-0.05, 0) is 48.0 Å². The lowest BCUT2D eigenvalue weighted by Crippen LogP contribution is -2.17. The molecule has 3 aromatic carbocycles. The lowest BCUT2D eigenvalue weighted by atomic mass is 10.1. The third-order valence-electron chi connectivity index (χ3n) is 5.07. The minimum absolute atomic E-state index is 0.187. The molecule has 5 nitrogen and oxygen atoms in total. The van der Waals surface area contributed by atoms with Crippen molar-refractivity contribution in [3.8, 4) is 22.7 Å². The number of aromatic nitrogens is 2. The summed E-state index contributed by atoms with van der Waals surface area (Å²) in [4.78, 5) is 12.8. The van der Waals surface area contributed by atoms with Crippen LogP contribution in [-0.2, 0) is 11.4 Å². The van der Waals surface area contributed by atoms with Crippen molar-refractivity contribution >= 4 is 40.3 Å². The van der Waals surface area contributed by atoms with Crippen molar-refractivity contribution in [3.05, 3.63) is 107 Å². The maximum Gasteiger partial charge on any atom is 0.263 e. The van der Waals surface area contributed by atoms with Crippen LogP contribution in [0.1, 0.15) is 11.1 Å². The molecule has 7 heteroatoms. The predicted octanol–water partition coefficient (Wildman–Crippen LogP) is 5.61. The average molecular weight is 470 g/mol. The molecule has 1 aliphatic rings. The van der Waals surface area contributed by atoms with Gasteiger partial charge in [0.2, 0.25) is 0 Å². The normalized spacial score (nSPS) is 14.5. The Labute approximate surface area is 201 Å². The first-order chi connectivity index (χ1) is 16.2. The number of thioether (sulfide) groups is 1. The van der Waals surface area contributed by atoms with Crippen LogP contribution in [0.25, 0.3) is 23.0 Å². The summed E-state index contributed by atoms with van der Waals surface area (Å²) in [5.41, 5.74) is 4.58. The fourth-order valence-corrected chi connectivity index (χ4v) is 4.48. The number of carbonyl (C=O) groups is 1. The first kappa shape index (κ1) is 21.2. The van der Waals surface area contributed by atoms with E-state index in [1.165, 1.54) is 11.8 Å². The zero-order valence-corrected chi connectivity index (χ0v) is 19.1. The highest BCUT2D eigenvalue weighted by Crippen LogP contribution is 2.31. The van der Waals surface area contributed by atoms with Gasteiger partial charge in [0.05, 0.1) is 16.3 Å². The van der Waals surface area contributed by atoms with Crippen molar-refractivity contribution in [3.63, 3.8) is 0 Å². The van der Waals surface area contributed by atoms with Gasteiger partial charge in [-0.2, -0.15) is 5.10 Å². The SMILES string of the molecule is O=C1NC(=S)S/C1=C\c1cn(-c2ccccc2)nc1-c1ccc(OCc2ccccc2)cc1. The van der Waals surface area contributed by atoms with E-state index in [-0.39, 0.29) is 5.91 Å². The molecule has 1 saturated heterocycles. The van der Waals surface area contributed by atoms with E-state index >= 15 is 0 Å². The predicted molar refractivity (Wildman–Crippen MR) is 136 cm³/mol. The molecule has 2 heterocycles. The Kier molecular flexibility index (Phi) is 6.06. The quantitative estimate of drug-likeness (QED) is 0.294. The molecular formula is C26H19N3O2S2. The third-order valence-corrected chi connectivity index (χ3v) is 6.23. The molecular weight excluding hydrogens is 450 g/mol. The van der Waals surface area contributed by atoms with E-state index in [4.69, 9.17) is 22.1 Å². The van der Waals surface area contributed by atoms with Crippen LogP contribution in [0.4, 0.5) is 0 Å². The van der Waals surface area contributed by atoms with Crippen LogP contribution < -0.4 is 10.1 Å². The molecule has 1 N–H and O–H groups in total. The number of benzene rings is 3. The maximum atomic E-state index is 12.2. The molecule has 0 saturated carbocycles. The molecule has 1 amide bonds. The number of amides is 1. The number of carbonyl (C=O) groups excluding carboxylic acids is 1. The second kappa shape index (κ2) is 9.44. The molecule has 33 heavy (non-hydrogen) atoms. The van der Waals surface area contributed by atoms with Gasteiger partial charge in [-0.3, -0.25) is 4.79 Å². The zero-order valence-electron chi connectivity index (χ0n) is 17.5. The lowest BCUT2D eigenvalue weighted by Gasteiger charge is -2.07. The summed E-state index contributed by atoms with van der Waals surface area (Å²) < 4.78 is 8.19. The summed E-state index contributed by atoms with van der Waals surface area (Å²) in [5, 5.41) is 7.48. The van der Waals surface area contributed by atoms with E-state index in [0.717, 1.165) is 33.8 Å². The summed E-state index contributed by atoms with van der Waals surface area (Å²) in [5.74, 6) is 0.592. The largest absolute Gasteiger partial charge is 0.489 e. The summed E-state index contributed by atoms with van der Waals surface area (Å²) in [6.07, 6.45) is 3.76. The zero-order chi connectivity index (χ0) is 22.6. The number of hydrogen-bond donors (Lipinski definition) is 1. The molecule has 0 aliphatic carbocycles. The lowest BCUT2D eigenvalue weighted by molar-refractivity contribution is -0.115. The van der Waals surface area contributed by atoms with Crippen LogP contribution in [0.3, 0.4) is 0 Å². The summed E-state index contributed by atoms with van der Waals surface area (Å²) in [6, 6.07) is 27.7. The maximum absolute atomic E-state index is 12.2. The Morgan fingerprint density at radius 1 is 0.970 bits per heavy atom. The molecule has 1 aromatic heterocycles. The van der Waals surface area contributed by atoms with Gasteiger partial charge in [-0.15, -0.1) is 0 Å². The number of ether oxygens (including phenoxy) is 1. The molecule has 162 valence electrons. The fourth-order valence-electron chi connectivity index (χ4n) is 3.44. The Bertz CT molecular complexity index is 1330. The number of nitrogens with one attached hydrogen (secondary N) is 1. The molecule has 4 aromatic rings. The Morgan fingerprint density at radius 3 is 2.33 bits per heavy atom. The van der Waals surface area contributed by atoms with Crippen molar-refractivity contribution < 1.29 is 9.53 Å². The van der Waals surface area contributed by atoms with Crippen LogP contribution in [0.5, 0.6) is 5.75 Å². The highest BCUT2D eigenvalue weighted by Gasteiger charge is 2.23. The number of para-hydroxylation sites is 1. The van der Waals surface area contributed by atoms with Crippen molar-refractivity contribution in [2.45, 2.75) is 6.61 Å². The van der Waals surface area contributed by atoms with E-state index in [0.29, 0.717) is 15.8 Å². The van der Waals surface area contributed by atoms with Gasteiger partial charge in [0.1, 0.15) is 16.7 Å². The second-order valence-electron chi connectivity index (χ2n) is 7.36. The Balaban J connectivity index is 1.46. The number of thiocarbonyl (C=S) groups is 1. The third kappa shape index (κ3) is 4.89. The topological polar surface area (TPSA) is 56.2 Å². The molecule has 1 fully saturated rings. The molecule has 0 radical (unpaired) electrons. The van der Waals surface area contributed by atoms with Crippen LogP contribution in [0.15, 0.2) is 96.0 Å². The molecule has 1 aliphatic heterocycles. The van der Waals surface area contributed by atoms with Gasteiger partial charge in [0.25, 0.3) is 5.91 Å². The highest BCUT2D eigenvalue weighted by molar-refractivity contribution is 8.26. The van der Waals surface area contributed by atoms with E-state index in [1.807, 2.05) is 102 Å². The van der Waals surface area contributed by atoms with Gasteiger partial charge in [-0.1, -0.05) is 72.5 Å². The second-order valence-corrected chi connectivity index (χ2v) is 9.08. The smallest absolute Gasteiger partial charge is 0.263 e. The summed E-state index contributed by atoms with van der Waals surface area (Å²) in [7, 11) is 0. The van der Waals surface area contributed by atoms with Gasteiger partial charge < -0.3 is 10.1 Å². The molecule has 5 rings (SSSR count). The van der Waals surface area contributed by atoms with Crippen LogP contribution in [0.2, 0.25) is 0 Å². The molecule has 0 atom stereocenters. The van der Waals surface area contributed by atoms with E-state index in [9.17, 15) is 4.79 Å². The number of nitrogens with zero attached hydrogens (tertiary/aromatic N) is 2. The standard InChI is InChI=1S/C26H19N3O2S2/c30-25-23(33-26(32)27-25)15-20-16-29(21-9-5-2-6-10-21)28-24(20)19-11-13-22(14-12-19)31-17-18-7-3-1-4-8-18/h1-16H,17H2,(H,27,30,32)/b23-15-. The first-order valence-electron chi connectivity index (χ1n) is 10.3. The first-order valence-corrected chi connectivity index (χ1v) is 11.6. The summed E-state index contributed by atoms with van der Waals surface area (Å²) >= 11 is 6.39. The van der Waals surface area contributed by atoms with Gasteiger partial charge in [0.15, 0.2) is 0 Å². The number of rotatable bonds is 6. The van der Waals surface area contributed by atoms with Crippen LogP contribution in [0, 0.1) is 0 Å². The van der Waals surface area contributed by atoms with Crippen molar-refractivity contribution in [1.82, 2.24) is 15.1 Å². The Hall–Kier alpha value is -3.68. The van der Waals surface area contributed by atoms with E-state index in [2.05, 4.69) is 5.32 Å². The van der Waals surface area contributed by atoms with Gasteiger partial charge >= 0.3 is 0 Å². The van der Waals surface area contributed by atoms with Crippen molar-refractivity contribution in [2.75, 3.05) is 0 Å². The number of hydrogen-bond acceptors (Lipinski definition) is 5. The van der Waals surface area contributed by atoms with Crippen LogP contribution >= 0.6 is 24.0 Å². The van der Waals surface area contributed by atoms with Crippen LogP contribution in [-0.4, -0.2) is 20.0 Å². The average Bonchev–Trinajstić information content (AvgIpc) is 3.41. The molecule has 0 bridgehead atoms. The van der Waals surface area contributed by atoms with E-state index in [1.54, 1.807) is 0 Å². The fraction of sp³-hybridized carbons (Fsp3) is 0.0385. The van der Waals surface area contributed by atoms with Crippen molar-refractivity contribution in [2.24, 2.45) is 0 Å². The van der Waals surface area contributed by atoms with Gasteiger partial charge in [-0.25, -0.2) is 4.68 Å². The molecule has 0 unspecified atom stereocenters. The van der Waals surface area contributed by atoms with E-state index < -0.39 is 0 Å².